The molecule has 0 aliphatic heterocycles. The van der Waals surface area contributed by atoms with Crippen LogP contribution in [0.1, 0.15) is 20.8 Å². The minimum Gasteiger partial charge on any atom is -0.465 e. The van der Waals surface area contributed by atoms with E-state index in [1.54, 1.807) is 6.26 Å². The van der Waals surface area contributed by atoms with Crippen LogP contribution in [0.2, 0.25) is 0 Å². The van der Waals surface area contributed by atoms with Crippen LogP contribution in [0.25, 0.3) is 0 Å². The minimum atomic E-state index is 0.359. The smallest absolute Gasteiger partial charge is 0.122 e. The molecule has 0 spiro atoms. The van der Waals surface area contributed by atoms with Gasteiger partial charge in [-0.2, -0.15) is 0 Å². The molecule has 10 heavy (non-hydrogen) atoms. The van der Waals surface area contributed by atoms with Crippen molar-refractivity contribution >= 4 is 14.1 Å². The predicted molar refractivity (Wildman–Crippen MR) is 46.4 cm³/mol. The summed E-state index contributed by atoms with van der Waals surface area (Å²) >= 11 is 0. The van der Waals surface area contributed by atoms with Crippen molar-refractivity contribution in [3.05, 3.63) is 18.4 Å². The third-order valence-corrected chi connectivity index (χ3v) is 2.30. The summed E-state index contributed by atoms with van der Waals surface area (Å²) in [6, 6.07) is 3.97. The molecular weight excluding hydrogens is 143 g/mol. The van der Waals surface area contributed by atoms with E-state index in [0.29, 0.717) is 5.16 Å². The van der Waals surface area contributed by atoms with Crippen molar-refractivity contribution in [1.29, 1.82) is 0 Å². The van der Waals surface area contributed by atoms with E-state index in [-0.39, 0.29) is 0 Å². The average molecular weight is 156 g/mol. The predicted octanol–water partition coefficient (Wildman–Crippen LogP) is 2.38. The van der Waals surface area contributed by atoms with E-state index in [2.05, 4.69) is 20.8 Å². The Morgan fingerprint density at radius 2 is 2.10 bits per heavy atom. The van der Waals surface area contributed by atoms with Gasteiger partial charge in [0.25, 0.3) is 0 Å². The van der Waals surface area contributed by atoms with Gasteiger partial charge in [0, 0.05) is 0 Å². The van der Waals surface area contributed by atoms with Crippen molar-refractivity contribution in [1.82, 2.24) is 0 Å². The van der Waals surface area contributed by atoms with Gasteiger partial charge in [0.05, 0.1) is 6.26 Å². The molecular formula is C8H13OP. The highest BCUT2D eigenvalue weighted by Crippen LogP contribution is 2.29. The molecule has 0 aliphatic rings. The van der Waals surface area contributed by atoms with Crippen molar-refractivity contribution < 1.29 is 4.42 Å². The molecule has 0 aliphatic carbocycles. The van der Waals surface area contributed by atoms with Gasteiger partial charge in [-0.1, -0.05) is 20.8 Å². The van der Waals surface area contributed by atoms with Crippen LogP contribution >= 0.6 is 8.58 Å². The average Bonchev–Trinajstić information content (AvgIpc) is 2.12. The van der Waals surface area contributed by atoms with E-state index < -0.39 is 0 Å². The molecule has 0 aromatic carbocycles. The molecule has 1 unspecified atom stereocenters. The van der Waals surface area contributed by atoms with Crippen LogP contribution in [0, 0.1) is 0 Å². The Balaban J connectivity index is 2.57. The zero-order valence-corrected chi connectivity index (χ0v) is 7.64. The molecule has 0 N–H and O–H groups in total. The van der Waals surface area contributed by atoms with E-state index in [0.717, 1.165) is 14.1 Å². The standard InChI is InChI=1S/C8H13OP/c1-8(2,3)10-7-5-4-6-9-7/h4-6,10H,1-3H3. The van der Waals surface area contributed by atoms with Crippen molar-refractivity contribution in [3.8, 4) is 0 Å². The Morgan fingerprint density at radius 3 is 2.50 bits per heavy atom. The molecule has 56 valence electrons. The minimum absolute atomic E-state index is 0.359. The molecule has 1 nitrogen and oxygen atoms in total. The highest BCUT2D eigenvalue weighted by atomic mass is 31.1. The monoisotopic (exact) mass is 156 g/mol. The van der Waals surface area contributed by atoms with Crippen LogP contribution in [0.5, 0.6) is 0 Å². The molecule has 2 heteroatoms. The topological polar surface area (TPSA) is 13.1 Å². The molecule has 1 rings (SSSR count). The van der Waals surface area contributed by atoms with Crippen molar-refractivity contribution in [2.45, 2.75) is 25.9 Å². The molecule has 1 aromatic heterocycles. The van der Waals surface area contributed by atoms with E-state index in [9.17, 15) is 0 Å². The summed E-state index contributed by atoms with van der Waals surface area (Å²) < 4.78 is 5.22. The summed E-state index contributed by atoms with van der Waals surface area (Å²) in [7, 11) is 0.772. The first-order valence-corrected chi connectivity index (χ1v) is 4.40. The molecule has 0 bridgehead atoms. The van der Waals surface area contributed by atoms with Crippen LogP contribution in [-0.4, -0.2) is 5.16 Å². The fourth-order valence-electron chi connectivity index (χ4n) is 0.719. The van der Waals surface area contributed by atoms with Gasteiger partial charge in [0.1, 0.15) is 5.50 Å². The largest absolute Gasteiger partial charge is 0.465 e. The Hall–Kier alpha value is -0.290. The summed E-state index contributed by atoms with van der Waals surface area (Å²) in [5.74, 6) is 0. The second-order valence-electron chi connectivity index (χ2n) is 3.35. The van der Waals surface area contributed by atoms with Crippen LogP contribution in [0.15, 0.2) is 22.8 Å². The number of hydrogen-bond acceptors (Lipinski definition) is 1. The summed E-state index contributed by atoms with van der Waals surface area (Å²) in [5.41, 5.74) is 1.10. The maximum atomic E-state index is 5.22. The van der Waals surface area contributed by atoms with E-state index >= 15 is 0 Å². The van der Waals surface area contributed by atoms with E-state index in [1.165, 1.54) is 0 Å². The fraction of sp³-hybridized carbons (Fsp3) is 0.500. The quantitative estimate of drug-likeness (QED) is 0.569. The first-order chi connectivity index (χ1) is 4.58. The zero-order valence-electron chi connectivity index (χ0n) is 6.64. The SMILES string of the molecule is CC(C)(C)Pc1ccco1. The lowest BCUT2D eigenvalue weighted by atomic mass is 10.3. The lowest BCUT2D eigenvalue weighted by Crippen LogP contribution is -2.09. The summed E-state index contributed by atoms with van der Waals surface area (Å²) in [5, 5.41) is 0.359. The second-order valence-corrected chi connectivity index (χ2v) is 5.60. The van der Waals surface area contributed by atoms with Crippen molar-refractivity contribution in [2.75, 3.05) is 0 Å². The summed E-state index contributed by atoms with van der Waals surface area (Å²) in [6.07, 6.45) is 1.73. The summed E-state index contributed by atoms with van der Waals surface area (Å²) in [6.45, 7) is 6.65. The van der Waals surface area contributed by atoms with Gasteiger partial charge >= 0.3 is 0 Å². The molecule has 0 saturated heterocycles. The third kappa shape index (κ3) is 2.53. The van der Waals surface area contributed by atoms with Gasteiger partial charge in [-0.3, -0.25) is 0 Å². The van der Waals surface area contributed by atoms with Gasteiger partial charge in [-0.25, -0.2) is 0 Å². The van der Waals surface area contributed by atoms with Gasteiger partial charge in [0.2, 0.25) is 0 Å². The first-order valence-electron chi connectivity index (χ1n) is 3.40. The van der Waals surface area contributed by atoms with E-state index in [4.69, 9.17) is 4.42 Å². The Labute approximate surface area is 63.6 Å². The second kappa shape index (κ2) is 2.75. The van der Waals surface area contributed by atoms with Crippen LogP contribution in [0.4, 0.5) is 0 Å². The van der Waals surface area contributed by atoms with E-state index in [1.807, 2.05) is 12.1 Å². The third-order valence-electron chi connectivity index (χ3n) is 1.02. The van der Waals surface area contributed by atoms with Crippen molar-refractivity contribution in [2.24, 2.45) is 0 Å². The molecule has 0 amide bonds. The lowest BCUT2D eigenvalue weighted by Gasteiger charge is -2.15. The molecule has 1 atom stereocenters. The Morgan fingerprint density at radius 1 is 1.40 bits per heavy atom. The summed E-state index contributed by atoms with van der Waals surface area (Å²) in [4.78, 5) is 0. The maximum absolute atomic E-state index is 5.22. The van der Waals surface area contributed by atoms with Gasteiger partial charge in [0.15, 0.2) is 0 Å². The lowest BCUT2D eigenvalue weighted by molar-refractivity contribution is 0.600. The van der Waals surface area contributed by atoms with Crippen molar-refractivity contribution in [3.63, 3.8) is 0 Å². The zero-order chi connectivity index (χ0) is 7.61. The van der Waals surface area contributed by atoms with Crippen LogP contribution in [-0.2, 0) is 0 Å². The molecule has 0 saturated carbocycles. The van der Waals surface area contributed by atoms with Gasteiger partial charge in [-0.05, 0) is 25.9 Å². The fourth-order valence-corrected chi connectivity index (χ4v) is 1.77. The molecule has 1 aromatic rings. The number of furan rings is 1. The van der Waals surface area contributed by atoms with Crippen LogP contribution < -0.4 is 5.50 Å². The normalized spacial score (nSPS) is 13.1. The Kier molecular flexibility index (Phi) is 2.15. The first kappa shape index (κ1) is 7.81. The van der Waals surface area contributed by atoms with Crippen LogP contribution in [0.3, 0.4) is 0 Å². The highest BCUT2D eigenvalue weighted by Gasteiger charge is 2.11. The molecule has 1 heterocycles. The molecule has 0 radical (unpaired) electrons. The number of hydrogen-bond donors (Lipinski definition) is 0. The Bertz CT molecular complexity index is 184. The number of rotatable bonds is 1. The van der Waals surface area contributed by atoms with Gasteiger partial charge < -0.3 is 4.42 Å². The van der Waals surface area contributed by atoms with Gasteiger partial charge in [-0.15, -0.1) is 0 Å². The molecule has 0 fully saturated rings. The highest BCUT2D eigenvalue weighted by molar-refractivity contribution is 7.48. The maximum Gasteiger partial charge on any atom is 0.122 e.